The van der Waals surface area contributed by atoms with Gasteiger partial charge in [0.25, 0.3) is 0 Å². The minimum Gasteiger partial charge on any atom is -0.478 e. The van der Waals surface area contributed by atoms with Crippen molar-refractivity contribution in [2.45, 2.75) is 40.5 Å². The summed E-state index contributed by atoms with van der Waals surface area (Å²) in [5.41, 5.74) is 0.0674. The van der Waals surface area contributed by atoms with Crippen molar-refractivity contribution in [1.82, 2.24) is 0 Å². The van der Waals surface area contributed by atoms with Crippen LogP contribution in [0.15, 0.2) is 11.1 Å². The Kier molecular flexibility index (Phi) is 5.78. The largest absolute Gasteiger partial charge is 0.478 e. The Hall–Kier alpha value is -1.32. The molecule has 16 heavy (non-hydrogen) atoms. The van der Waals surface area contributed by atoms with Crippen LogP contribution < -0.4 is 0 Å². The minimum atomic E-state index is -1.13. The molecule has 0 fully saturated rings. The van der Waals surface area contributed by atoms with Crippen molar-refractivity contribution in [2.24, 2.45) is 11.8 Å². The Morgan fingerprint density at radius 2 is 1.44 bits per heavy atom. The van der Waals surface area contributed by atoms with Crippen molar-refractivity contribution >= 4 is 11.9 Å². The van der Waals surface area contributed by atoms with Gasteiger partial charge in [0.05, 0.1) is 11.1 Å². The maximum absolute atomic E-state index is 11.1. The average molecular weight is 228 g/mol. The fourth-order valence-electron chi connectivity index (χ4n) is 1.84. The van der Waals surface area contributed by atoms with Crippen LogP contribution in [0.1, 0.15) is 40.5 Å². The normalized spacial score (nSPS) is 14.6. The van der Waals surface area contributed by atoms with Crippen molar-refractivity contribution in [3.05, 3.63) is 11.1 Å². The van der Waals surface area contributed by atoms with Crippen molar-refractivity contribution < 1.29 is 19.8 Å². The lowest BCUT2D eigenvalue weighted by molar-refractivity contribution is -0.136. The third-order valence-electron chi connectivity index (χ3n) is 2.54. The third-order valence-corrected chi connectivity index (χ3v) is 2.54. The van der Waals surface area contributed by atoms with Crippen LogP contribution in [-0.2, 0) is 9.59 Å². The van der Waals surface area contributed by atoms with Crippen molar-refractivity contribution in [1.29, 1.82) is 0 Å². The molecule has 0 saturated heterocycles. The van der Waals surface area contributed by atoms with Gasteiger partial charge in [-0.1, -0.05) is 34.1 Å². The van der Waals surface area contributed by atoms with E-state index in [2.05, 4.69) is 0 Å². The summed E-state index contributed by atoms with van der Waals surface area (Å²) in [5, 5.41) is 18.2. The van der Waals surface area contributed by atoms with Gasteiger partial charge in [-0.15, -0.1) is 0 Å². The maximum Gasteiger partial charge on any atom is 0.332 e. The first-order valence-electron chi connectivity index (χ1n) is 5.53. The molecule has 4 nitrogen and oxygen atoms in total. The summed E-state index contributed by atoms with van der Waals surface area (Å²) < 4.78 is 0. The zero-order valence-corrected chi connectivity index (χ0v) is 10.3. The zero-order chi connectivity index (χ0) is 12.9. The predicted octanol–water partition coefficient (Wildman–Crippen LogP) is 2.54. The molecule has 0 aliphatic carbocycles. The summed E-state index contributed by atoms with van der Waals surface area (Å²) in [6.07, 6.45) is 1.52. The van der Waals surface area contributed by atoms with Crippen LogP contribution in [0, 0.1) is 11.8 Å². The number of rotatable bonds is 6. The molecule has 1 unspecified atom stereocenters. The highest BCUT2D eigenvalue weighted by molar-refractivity contribution is 5.99. The summed E-state index contributed by atoms with van der Waals surface area (Å²) in [5.74, 6) is -2.76. The van der Waals surface area contributed by atoms with Gasteiger partial charge in [-0.3, -0.25) is 0 Å². The van der Waals surface area contributed by atoms with Crippen LogP contribution in [0.2, 0.25) is 0 Å². The smallest absolute Gasteiger partial charge is 0.332 e. The van der Waals surface area contributed by atoms with Gasteiger partial charge < -0.3 is 10.2 Å². The first kappa shape index (κ1) is 14.7. The molecule has 4 heteroatoms. The molecule has 0 saturated carbocycles. The number of hydrogen-bond acceptors (Lipinski definition) is 2. The summed E-state index contributed by atoms with van der Waals surface area (Å²) in [7, 11) is 0. The molecule has 0 aromatic rings. The first-order valence-corrected chi connectivity index (χ1v) is 5.53. The Labute approximate surface area is 96.0 Å². The molecule has 0 spiro atoms. The molecular weight excluding hydrogens is 208 g/mol. The van der Waals surface area contributed by atoms with Crippen LogP contribution in [0.25, 0.3) is 0 Å². The summed E-state index contributed by atoms with van der Waals surface area (Å²) in [6, 6.07) is 0. The van der Waals surface area contributed by atoms with Gasteiger partial charge in [-0.05, 0) is 18.3 Å². The monoisotopic (exact) mass is 228 g/mol. The van der Waals surface area contributed by atoms with Crippen molar-refractivity contribution in [2.75, 3.05) is 0 Å². The maximum atomic E-state index is 11.1. The quantitative estimate of drug-likeness (QED) is 0.685. The van der Waals surface area contributed by atoms with Gasteiger partial charge in [0.15, 0.2) is 0 Å². The SMILES string of the molecule is CCCC(C)/C(C(=O)O)=C(\C(=O)O)C(C)C. The average Bonchev–Trinajstić information content (AvgIpc) is 2.11. The lowest BCUT2D eigenvalue weighted by atomic mass is 9.87. The molecule has 0 heterocycles. The van der Waals surface area contributed by atoms with E-state index in [9.17, 15) is 9.59 Å². The number of hydrogen-bond donors (Lipinski definition) is 2. The van der Waals surface area contributed by atoms with E-state index < -0.39 is 11.9 Å². The van der Waals surface area contributed by atoms with E-state index in [0.29, 0.717) is 6.42 Å². The van der Waals surface area contributed by atoms with Crippen LogP contribution >= 0.6 is 0 Å². The number of carboxylic acid groups (broad SMARTS) is 2. The molecule has 1 atom stereocenters. The molecule has 0 aromatic carbocycles. The van der Waals surface area contributed by atoms with Crippen LogP contribution in [-0.4, -0.2) is 22.2 Å². The van der Waals surface area contributed by atoms with Gasteiger partial charge in [0, 0.05) is 0 Å². The Balaban J connectivity index is 5.49. The molecular formula is C12H20O4. The Morgan fingerprint density at radius 3 is 1.69 bits per heavy atom. The molecule has 0 amide bonds. The second kappa shape index (κ2) is 6.30. The summed E-state index contributed by atoms with van der Waals surface area (Å²) in [6.45, 7) is 7.11. The predicted molar refractivity (Wildman–Crippen MR) is 61.2 cm³/mol. The molecule has 0 aliphatic heterocycles. The minimum absolute atomic E-state index is 0.0217. The number of carbonyl (C=O) groups is 2. The van der Waals surface area contributed by atoms with Crippen molar-refractivity contribution in [3.8, 4) is 0 Å². The van der Waals surface area contributed by atoms with Gasteiger partial charge in [-0.2, -0.15) is 0 Å². The van der Waals surface area contributed by atoms with E-state index >= 15 is 0 Å². The summed E-state index contributed by atoms with van der Waals surface area (Å²) in [4.78, 5) is 22.2. The fourth-order valence-corrected chi connectivity index (χ4v) is 1.84. The van der Waals surface area contributed by atoms with Crippen LogP contribution in [0.3, 0.4) is 0 Å². The van der Waals surface area contributed by atoms with E-state index in [0.717, 1.165) is 6.42 Å². The van der Waals surface area contributed by atoms with Crippen LogP contribution in [0.5, 0.6) is 0 Å². The lowest BCUT2D eigenvalue weighted by Gasteiger charge is -2.17. The van der Waals surface area contributed by atoms with Crippen molar-refractivity contribution in [3.63, 3.8) is 0 Å². The van der Waals surface area contributed by atoms with E-state index in [1.54, 1.807) is 20.8 Å². The van der Waals surface area contributed by atoms with Gasteiger partial charge in [0.2, 0.25) is 0 Å². The van der Waals surface area contributed by atoms with E-state index in [-0.39, 0.29) is 23.0 Å². The highest BCUT2D eigenvalue weighted by Gasteiger charge is 2.26. The number of carboxylic acids is 2. The van der Waals surface area contributed by atoms with Gasteiger partial charge in [-0.25, -0.2) is 9.59 Å². The molecule has 92 valence electrons. The standard InChI is InChI=1S/C12H20O4/c1-5-6-8(4)10(12(15)16)9(7(2)3)11(13)14/h7-8H,5-6H2,1-4H3,(H,13,14)(H,15,16)/b10-9+. The highest BCUT2D eigenvalue weighted by atomic mass is 16.4. The Morgan fingerprint density at radius 1 is 1.00 bits per heavy atom. The topological polar surface area (TPSA) is 74.6 Å². The third kappa shape index (κ3) is 3.68. The second-order valence-electron chi connectivity index (χ2n) is 4.28. The molecule has 0 radical (unpaired) electrons. The van der Waals surface area contributed by atoms with E-state index in [1.807, 2.05) is 6.92 Å². The molecule has 0 aromatic heterocycles. The molecule has 0 rings (SSSR count). The van der Waals surface area contributed by atoms with E-state index in [4.69, 9.17) is 10.2 Å². The van der Waals surface area contributed by atoms with Gasteiger partial charge in [0.1, 0.15) is 0 Å². The zero-order valence-electron chi connectivity index (χ0n) is 10.3. The first-order chi connectivity index (χ1) is 7.32. The summed E-state index contributed by atoms with van der Waals surface area (Å²) >= 11 is 0. The highest BCUT2D eigenvalue weighted by Crippen LogP contribution is 2.25. The van der Waals surface area contributed by atoms with Gasteiger partial charge >= 0.3 is 11.9 Å². The lowest BCUT2D eigenvalue weighted by Crippen LogP contribution is -2.20. The Bertz CT molecular complexity index is 302. The van der Waals surface area contributed by atoms with E-state index in [1.165, 1.54) is 0 Å². The fraction of sp³-hybridized carbons (Fsp3) is 0.667. The molecule has 0 aliphatic rings. The molecule has 2 N–H and O–H groups in total. The second-order valence-corrected chi connectivity index (χ2v) is 4.28. The molecule has 0 bridgehead atoms. The number of aliphatic carboxylic acids is 2. The van der Waals surface area contributed by atoms with Crippen LogP contribution in [0.4, 0.5) is 0 Å².